The number of aryl methyl sites for hydroxylation is 1. The molecule has 0 aromatic carbocycles. The lowest BCUT2D eigenvalue weighted by atomic mass is 10.3. The number of nitrogens with one attached hydrogen (secondary N) is 1. The average molecular weight is 243 g/mol. The van der Waals surface area contributed by atoms with Crippen molar-refractivity contribution < 1.29 is 9.47 Å². The van der Waals surface area contributed by atoms with Crippen molar-refractivity contribution in [1.82, 2.24) is 5.32 Å². The molecule has 92 valence electrons. The molecule has 1 N–H and O–H groups in total. The number of hydrogen-bond donors (Lipinski definition) is 1. The molecule has 0 saturated carbocycles. The first-order valence-electron chi connectivity index (χ1n) is 5.71. The number of ether oxygens (including phenoxy) is 2. The third kappa shape index (κ3) is 5.61. The Labute approximate surface area is 102 Å². The highest BCUT2D eigenvalue weighted by molar-refractivity contribution is 7.11. The van der Waals surface area contributed by atoms with Gasteiger partial charge in [0.05, 0.1) is 19.8 Å². The van der Waals surface area contributed by atoms with Crippen LogP contribution in [0.5, 0.6) is 0 Å². The highest BCUT2D eigenvalue weighted by Crippen LogP contribution is 2.16. The van der Waals surface area contributed by atoms with Crippen LogP contribution >= 0.6 is 11.3 Å². The molecule has 0 spiro atoms. The monoisotopic (exact) mass is 243 g/mol. The molecule has 1 heterocycles. The Morgan fingerprint density at radius 2 is 2.00 bits per heavy atom. The molecule has 0 unspecified atom stereocenters. The van der Waals surface area contributed by atoms with Gasteiger partial charge in [-0.25, -0.2) is 0 Å². The van der Waals surface area contributed by atoms with Gasteiger partial charge >= 0.3 is 0 Å². The molecule has 0 saturated heterocycles. The SMILES string of the molecule is CCc1ccc(CNCCOCCOC)s1. The summed E-state index contributed by atoms with van der Waals surface area (Å²) in [6.45, 7) is 6.12. The van der Waals surface area contributed by atoms with Crippen molar-refractivity contribution in [2.24, 2.45) is 0 Å². The summed E-state index contributed by atoms with van der Waals surface area (Å²) in [4.78, 5) is 2.85. The van der Waals surface area contributed by atoms with E-state index in [0.29, 0.717) is 13.2 Å². The molecule has 16 heavy (non-hydrogen) atoms. The van der Waals surface area contributed by atoms with Crippen LogP contribution in [-0.2, 0) is 22.4 Å². The van der Waals surface area contributed by atoms with Crippen LogP contribution < -0.4 is 5.32 Å². The zero-order valence-electron chi connectivity index (χ0n) is 10.1. The second kappa shape index (κ2) is 8.70. The number of hydrogen-bond acceptors (Lipinski definition) is 4. The smallest absolute Gasteiger partial charge is 0.0700 e. The van der Waals surface area contributed by atoms with Crippen LogP contribution in [0.15, 0.2) is 12.1 Å². The summed E-state index contributed by atoms with van der Waals surface area (Å²) < 4.78 is 10.2. The van der Waals surface area contributed by atoms with Crippen molar-refractivity contribution in [2.45, 2.75) is 19.9 Å². The molecule has 1 aromatic rings. The van der Waals surface area contributed by atoms with Crippen LogP contribution in [0.3, 0.4) is 0 Å². The van der Waals surface area contributed by atoms with Gasteiger partial charge in [-0.1, -0.05) is 6.92 Å². The van der Waals surface area contributed by atoms with Crippen LogP contribution in [0, 0.1) is 0 Å². The van der Waals surface area contributed by atoms with Gasteiger partial charge in [-0.15, -0.1) is 11.3 Å². The van der Waals surface area contributed by atoms with Gasteiger partial charge in [0.25, 0.3) is 0 Å². The highest BCUT2D eigenvalue weighted by atomic mass is 32.1. The molecule has 0 aliphatic carbocycles. The molecule has 0 fully saturated rings. The van der Waals surface area contributed by atoms with E-state index in [4.69, 9.17) is 9.47 Å². The quantitative estimate of drug-likeness (QED) is 0.673. The molecule has 0 radical (unpaired) electrons. The van der Waals surface area contributed by atoms with Crippen molar-refractivity contribution >= 4 is 11.3 Å². The van der Waals surface area contributed by atoms with Crippen molar-refractivity contribution in [3.63, 3.8) is 0 Å². The Morgan fingerprint density at radius 1 is 1.19 bits per heavy atom. The number of thiophene rings is 1. The first-order chi connectivity index (χ1) is 7.86. The van der Waals surface area contributed by atoms with Gasteiger partial charge < -0.3 is 14.8 Å². The van der Waals surface area contributed by atoms with Gasteiger partial charge in [-0.05, 0) is 18.6 Å². The van der Waals surface area contributed by atoms with E-state index in [0.717, 1.165) is 26.1 Å². The van der Waals surface area contributed by atoms with Gasteiger partial charge in [-0.3, -0.25) is 0 Å². The van der Waals surface area contributed by atoms with Gasteiger partial charge in [-0.2, -0.15) is 0 Å². The maximum absolute atomic E-state index is 5.35. The molecule has 0 atom stereocenters. The maximum Gasteiger partial charge on any atom is 0.0700 e. The fraction of sp³-hybridized carbons (Fsp3) is 0.667. The zero-order chi connectivity index (χ0) is 11.6. The van der Waals surface area contributed by atoms with Crippen LogP contribution in [0.2, 0.25) is 0 Å². The highest BCUT2D eigenvalue weighted by Gasteiger charge is 1.97. The van der Waals surface area contributed by atoms with Crippen molar-refractivity contribution in [3.05, 3.63) is 21.9 Å². The lowest BCUT2D eigenvalue weighted by molar-refractivity contribution is 0.0719. The van der Waals surface area contributed by atoms with Gasteiger partial charge in [0, 0.05) is 30.0 Å². The van der Waals surface area contributed by atoms with Crippen molar-refractivity contribution in [2.75, 3.05) is 33.5 Å². The first kappa shape index (κ1) is 13.6. The van der Waals surface area contributed by atoms with E-state index in [1.54, 1.807) is 7.11 Å². The van der Waals surface area contributed by atoms with Crippen molar-refractivity contribution in [1.29, 1.82) is 0 Å². The minimum Gasteiger partial charge on any atom is -0.382 e. The standard InChI is InChI=1S/C12H21NO2S/c1-3-11-4-5-12(16-11)10-13-6-7-15-9-8-14-2/h4-5,13H,3,6-10H2,1-2H3. The zero-order valence-corrected chi connectivity index (χ0v) is 10.9. The summed E-state index contributed by atoms with van der Waals surface area (Å²) >= 11 is 1.88. The summed E-state index contributed by atoms with van der Waals surface area (Å²) in [6, 6.07) is 4.40. The van der Waals surface area contributed by atoms with E-state index < -0.39 is 0 Å². The predicted octanol–water partition coefficient (Wildman–Crippen LogP) is 2.06. The first-order valence-corrected chi connectivity index (χ1v) is 6.53. The molecule has 0 aliphatic rings. The maximum atomic E-state index is 5.35. The summed E-state index contributed by atoms with van der Waals surface area (Å²) in [7, 11) is 1.68. The van der Waals surface area contributed by atoms with Crippen LogP contribution in [0.1, 0.15) is 16.7 Å². The molecular formula is C12H21NO2S. The second-order valence-corrected chi connectivity index (χ2v) is 4.76. The lowest BCUT2D eigenvalue weighted by Crippen LogP contribution is -2.19. The van der Waals surface area contributed by atoms with E-state index >= 15 is 0 Å². The van der Waals surface area contributed by atoms with E-state index in [2.05, 4.69) is 24.4 Å². The van der Waals surface area contributed by atoms with Crippen LogP contribution in [0.25, 0.3) is 0 Å². The van der Waals surface area contributed by atoms with Gasteiger partial charge in [0.15, 0.2) is 0 Å². The summed E-state index contributed by atoms with van der Waals surface area (Å²) in [6.07, 6.45) is 1.13. The molecule has 1 aromatic heterocycles. The Morgan fingerprint density at radius 3 is 2.69 bits per heavy atom. The Bertz CT molecular complexity index is 276. The van der Waals surface area contributed by atoms with Crippen molar-refractivity contribution in [3.8, 4) is 0 Å². The summed E-state index contributed by atoms with van der Waals surface area (Å²) in [5.74, 6) is 0. The van der Waals surface area contributed by atoms with E-state index in [1.807, 2.05) is 11.3 Å². The largest absolute Gasteiger partial charge is 0.382 e. The molecule has 4 heteroatoms. The Hall–Kier alpha value is -0.420. The Kier molecular flexibility index (Phi) is 7.42. The number of rotatable bonds is 9. The average Bonchev–Trinajstić information content (AvgIpc) is 2.76. The minimum atomic E-state index is 0.671. The van der Waals surface area contributed by atoms with E-state index in [-0.39, 0.29) is 0 Å². The van der Waals surface area contributed by atoms with Gasteiger partial charge in [0.1, 0.15) is 0 Å². The molecule has 0 bridgehead atoms. The fourth-order valence-corrected chi connectivity index (χ4v) is 2.24. The number of methoxy groups -OCH3 is 1. The predicted molar refractivity (Wildman–Crippen MR) is 68.1 cm³/mol. The third-order valence-corrected chi connectivity index (χ3v) is 3.45. The summed E-state index contributed by atoms with van der Waals surface area (Å²) in [5, 5.41) is 3.36. The summed E-state index contributed by atoms with van der Waals surface area (Å²) in [5.41, 5.74) is 0. The molecule has 3 nitrogen and oxygen atoms in total. The normalized spacial score (nSPS) is 10.9. The fourth-order valence-electron chi connectivity index (χ4n) is 1.31. The molecular weight excluding hydrogens is 222 g/mol. The molecule has 0 aliphatic heterocycles. The van der Waals surface area contributed by atoms with Crippen LogP contribution in [0.4, 0.5) is 0 Å². The van der Waals surface area contributed by atoms with Crippen LogP contribution in [-0.4, -0.2) is 33.5 Å². The molecule has 0 amide bonds. The minimum absolute atomic E-state index is 0.671. The third-order valence-electron chi connectivity index (χ3n) is 2.22. The lowest BCUT2D eigenvalue weighted by Gasteiger charge is -2.04. The second-order valence-electron chi connectivity index (χ2n) is 3.50. The molecule has 1 rings (SSSR count). The van der Waals surface area contributed by atoms with E-state index in [1.165, 1.54) is 9.75 Å². The van der Waals surface area contributed by atoms with Gasteiger partial charge in [0.2, 0.25) is 0 Å². The topological polar surface area (TPSA) is 30.5 Å². The van der Waals surface area contributed by atoms with E-state index in [9.17, 15) is 0 Å². The Balaban J connectivity index is 1.98.